The highest BCUT2D eigenvalue weighted by Gasteiger charge is 2.32. The van der Waals surface area contributed by atoms with Crippen LogP contribution >= 0.6 is 0 Å². The van der Waals surface area contributed by atoms with Crippen LogP contribution in [-0.2, 0) is 18.4 Å². The van der Waals surface area contributed by atoms with E-state index in [-0.39, 0.29) is 11.8 Å². The summed E-state index contributed by atoms with van der Waals surface area (Å²) in [5.74, 6) is 0.000185. The molecule has 0 radical (unpaired) electrons. The number of carbonyl (C=O) groups excluding carboxylic acids is 1. The highest BCUT2D eigenvalue weighted by molar-refractivity contribution is 5.84. The zero-order chi connectivity index (χ0) is 11.1. The summed E-state index contributed by atoms with van der Waals surface area (Å²) in [5, 5.41) is 10.7. The highest BCUT2D eigenvalue weighted by Crippen LogP contribution is 2.25. The number of fused-ring (bicyclic) bond motifs is 1. The van der Waals surface area contributed by atoms with Gasteiger partial charge in [-0.1, -0.05) is 0 Å². The number of aryl methyl sites for hydroxylation is 1. The lowest BCUT2D eigenvalue weighted by atomic mass is 9.97. The molecule has 5 nitrogen and oxygen atoms in total. The molecule has 2 N–H and O–H groups in total. The van der Waals surface area contributed by atoms with Gasteiger partial charge < -0.3 is 10.6 Å². The van der Waals surface area contributed by atoms with Gasteiger partial charge in [0, 0.05) is 37.9 Å². The molecule has 1 aliphatic heterocycles. The van der Waals surface area contributed by atoms with Gasteiger partial charge in [-0.05, 0) is 12.8 Å². The highest BCUT2D eigenvalue weighted by atomic mass is 16.2. The SMILES string of the molecule is Cn1cc2c(n1)[C@@H](C(=O)NC1CC1)CNC2. The molecule has 2 heterocycles. The molecule has 86 valence electrons. The minimum Gasteiger partial charge on any atom is -0.353 e. The summed E-state index contributed by atoms with van der Waals surface area (Å²) in [6.07, 6.45) is 4.24. The lowest BCUT2D eigenvalue weighted by Crippen LogP contribution is -2.39. The Morgan fingerprint density at radius 3 is 3.19 bits per heavy atom. The first-order chi connectivity index (χ1) is 7.74. The second-order valence-electron chi connectivity index (χ2n) is 4.68. The van der Waals surface area contributed by atoms with Crippen LogP contribution < -0.4 is 10.6 Å². The third-order valence-electron chi connectivity index (χ3n) is 3.17. The standard InChI is InChI=1S/C11H16N4O/c1-15-6-7-4-12-5-9(10(7)14-15)11(16)13-8-2-3-8/h6,8-9,12H,2-5H2,1H3,(H,13,16)/t9-/m0/s1. The minimum atomic E-state index is -0.120. The Bertz CT molecular complexity index is 422. The molecule has 1 aliphatic carbocycles. The minimum absolute atomic E-state index is 0.120. The Kier molecular flexibility index (Phi) is 2.21. The molecular weight excluding hydrogens is 204 g/mol. The fourth-order valence-corrected chi connectivity index (χ4v) is 2.18. The fraction of sp³-hybridized carbons (Fsp3) is 0.636. The zero-order valence-corrected chi connectivity index (χ0v) is 9.36. The summed E-state index contributed by atoms with van der Waals surface area (Å²) in [6.45, 7) is 1.51. The van der Waals surface area contributed by atoms with Crippen molar-refractivity contribution in [1.29, 1.82) is 0 Å². The Hall–Kier alpha value is -1.36. The van der Waals surface area contributed by atoms with Crippen molar-refractivity contribution in [1.82, 2.24) is 20.4 Å². The van der Waals surface area contributed by atoms with Gasteiger partial charge in [-0.15, -0.1) is 0 Å². The summed E-state index contributed by atoms with van der Waals surface area (Å²) >= 11 is 0. The maximum atomic E-state index is 12.0. The van der Waals surface area contributed by atoms with Crippen molar-refractivity contribution in [2.24, 2.45) is 7.05 Å². The predicted octanol–water partition coefficient (Wildman–Crippen LogP) is -0.115. The van der Waals surface area contributed by atoms with Crippen LogP contribution in [0.1, 0.15) is 30.0 Å². The molecule has 0 bridgehead atoms. The molecule has 0 aromatic carbocycles. The van der Waals surface area contributed by atoms with E-state index in [1.165, 1.54) is 0 Å². The first-order valence-corrected chi connectivity index (χ1v) is 5.77. The summed E-state index contributed by atoms with van der Waals surface area (Å²) in [6, 6.07) is 0.418. The van der Waals surface area contributed by atoms with Crippen LogP contribution in [0.2, 0.25) is 0 Å². The first kappa shape index (κ1) is 9.84. The van der Waals surface area contributed by atoms with Gasteiger partial charge in [0.25, 0.3) is 0 Å². The number of rotatable bonds is 2. The lowest BCUT2D eigenvalue weighted by Gasteiger charge is -2.21. The molecule has 16 heavy (non-hydrogen) atoms. The summed E-state index contributed by atoms with van der Waals surface area (Å²) in [4.78, 5) is 12.0. The molecule has 3 rings (SSSR count). The average molecular weight is 220 g/mol. The summed E-state index contributed by atoms with van der Waals surface area (Å²) in [7, 11) is 1.90. The van der Waals surface area contributed by atoms with Gasteiger partial charge in [-0.3, -0.25) is 9.48 Å². The van der Waals surface area contributed by atoms with Crippen molar-refractivity contribution in [3.8, 4) is 0 Å². The number of nitrogens with one attached hydrogen (secondary N) is 2. The van der Waals surface area contributed by atoms with E-state index in [0.29, 0.717) is 12.6 Å². The molecule has 0 saturated heterocycles. The molecular formula is C11H16N4O. The molecule has 0 unspecified atom stereocenters. The summed E-state index contributed by atoms with van der Waals surface area (Å²) < 4.78 is 1.79. The second kappa shape index (κ2) is 3.59. The number of hydrogen-bond donors (Lipinski definition) is 2. The second-order valence-corrected chi connectivity index (χ2v) is 4.68. The number of carbonyl (C=O) groups is 1. The number of hydrogen-bond acceptors (Lipinski definition) is 3. The maximum Gasteiger partial charge on any atom is 0.230 e. The monoisotopic (exact) mass is 220 g/mol. The van der Waals surface area contributed by atoms with E-state index < -0.39 is 0 Å². The number of nitrogens with zero attached hydrogens (tertiary/aromatic N) is 2. The average Bonchev–Trinajstić information content (AvgIpc) is 2.96. The van der Waals surface area contributed by atoms with Crippen LogP contribution in [0, 0.1) is 0 Å². The molecule has 1 aromatic heterocycles. The van der Waals surface area contributed by atoms with E-state index in [0.717, 1.165) is 30.6 Å². The maximum absolute atomic E-state index is 12.0. The molecule has 2 aliphatic rings. The topological polar surface area (TPSA) is 59.0 Å². The Balaban J connectivity index is 1.82. The van der Waals surface area contributed by atoms with Crippen LogP contribution in [0.3, 0.4) is 0 Å². The molecule has 1 amide bonds. The van der Waals surface area contributed by atoms with E-state index >= 15 is 0 Å². The normalized spacial score (nSPS) is 23.9. The van der Waals surface area contributed by atoms with Crippen molar-refractivity contribution < 1.29 is 4.79 Å². The largest absolute Gasteiger partial charge is 0.353 e. The zero-order valence-electron chi connectivity index (χ0n) is 9.36. The Morgan fingerprint density at radius 2 is 2.44 bits per heavy atom. The van der Waals surface area contributed by atoms with Gasteiger partial charge in [0.15, 0.2) is 0 Å². The van der Waals surface area contributed by atoms with Crippen molar-refractivity contribution in [2.75, 3.05) is 6.54 Å². The molecule has 1 atom stereocenters. The van der Waals surface area contributed by atoms with E-state index in [9.17, 15) is 4.79 Å². The van der Waals surface area contributed by atoms with Gasteiger partial charge >= 0.3 is 0 Å². The number of aromatic nitrogens is 2. The van der Waals surface area contributed by atoms with Crippen LogP contribution in [0.25, 0.3) is 0 Å². The van der Waals surface area contributed by atoms with Crippen LogP contribution in [0.4, 0.5) is 0 Å². The third-order valence-corrected chi connectivity index (χ3v) is 3.17. The van der Waals surface area contributed by atoms with Crippen molar-refractivity contribution in [3.05, 3.63) is 17.5 Å². The van der Waals surface area contributed by atoms with Crippen LogP contribution in [-0.4, -0.2) is 28.3 Å². The smallest absolute Gasteiger partial charge is 0.230 e. The van der Waals surface area contributed by atoms with E-state index in [2.05, 4.69) is 15.7 Å². The third kappa shape index (κ3) is 1.71. The molecule has 1 aromatic rings. The van der Waals surface area contributed by atoms with Gasteiger partial charge in [-0.2, -0.15) is 5.10 Å². The molecule has 5 heteroatoms. The lowest BCUT2D eigenvalue weighted by molar-refractivity contribution is -0.122. The van der Waals surface area contributed by atoms with Gasteiger partial charge in [-0.25, -0.2) is 0 Å². The van der Waals surface area contributed by atoms with Gasteiger partial charge in [0.1, 0.15) is 0 Å². The van der Waals surface area contributed by atoms with Crippen molar-refractivity contribution >= 4 is 5.91 Å². The van der Waals surface area contributed by atoms with Crippen LogP contribution in [0.5, 0.6) is 0 Å². The van der Waals surface area contributed by atoms with Crippen molar-refractivity contribution in [2.45, 2.75) is 31.3 Å². The first-order valence-electron chi connectivity index (χ1n) is 5.77. The van der Waals surface area contributed by atoms with E-state index in [1.807, 2.05) is 13.2 Å². The molecule has 0 spiro atoms. The van der Waals surface area contributed by atoms with Gasteiger partial charge in [0.2, 0.25) is 5.91 Å². The summed E-state index contributed by atoms with van der Waals surface area (Å²) in [5.41, 5.74) is 2.09. The van der Waals surface area contributed by atoms with E-state index in [1.54, 1.807) is 4.68 Å². The van der Waals surface area contributed by atoms with Gasteiger partial charge in [0.05, 0.1) is 11.6 Å². The fourth-order valence-electron chi connectivity index (χ4n) is 2.18. The Labute approximate surface area is 94.2 Å². The molecule has 1 fully saturated rings. The molecule has 1 saturated carbocycles. The predicted molar refractivity (Wildman–Crippen MR) is 58.8 cm³/mol. The number of amides is 1. The van der Waals surface area contributed by atoms with Crippen molar-refractivity contribution in [3.63, 3.8) is 0 Å². The Morgan fingerprint density at radius 1 is 1.62 bits per heavy atom. The quantitative estimate of drug-likeness (QED) is 0.731. The van der Waals surface area contributed by atoms with Crippen LogP contribution in [0.15, 0.2) is 6.20 Å². The van der Waals surface area contributed by atoms with E-state index in [4.69, 9.17) is 0 Å².